The third kappa shape index (κ3) is 3.71. The van der Waals surface area contributed by atoms with Crippen molar-refractivity contribution in [3.8, 4) is 0 Å². The van der Waals surface area contributed by atoms with Crippen LogP contribution in [-0.4, -0.2) is 36.3 Å². The first-order valence-electron chi connectivity index (χ1n) is 7.21. The van der Waals surface area contributed by atoms with Gasteiger partial charge in [-0.3, -0.25) is 0 Å². The van der Waals surface area contributed by atoms with Crippen molar-refractivity contribution in [1.29, 1.82) is 0 Å². The third-order valence-corrected chi connectivity index (χ3v) is 3.83. The Morgan fingerprint density at radius 1 is 1.10 bits per heavy atom. The van der Waals surface area contributed by atoms with Gasteiger partial charge >= 0.3 is 0 Å². The largest absolute Gasteiger partial charge is 0.378 e. The van der Waals surface area contributed by atoms with Crippen LogP contribution in [0, 0.1) is 0 Å². The molecule has 1 saturated heterocycles. The topological polar surface area (TPSA) is 38.2 Å². The summed E-state index contributed by atoms with van der Waals surface area (Å²) in [4.78, 5) is 10.8. The number of anilines is 1. The van der Waals surface area contributed by atoms with Gasteiger partial charge in [0.25, 0.3) is 0 Å². The van der Waals surface area contributed by atoms with Crippen molar-refractivity contribution < 1.29 is 4.74 Å². The molecule has 0 N–H and O–H groups in total. The van der Waals surface area contributed by atoms with Crippen LogP contribution in [0.2, 0.25) is 5.28 Å². The van der Waals surface area contributed by atoms with Gasteiger partial charge < -0.3 is 9.64 Å². The molecule has 0 radical (unpaired) electrons. The molecule has 1 aromatic heterocycles. The molecule has 0 aliphatic carbocycles. The van der Waals surface area contributed by atoms with Crippen LogP contribution in [-0.2, 0) is 17.6 Å². The number of benzene rings is 1. The van der Waals surface area contributed by atoms with Gasteiger partial charge in [0.05, 0.1) is 13.2 Å². The molecular weight excluding hydrogens is 286 g/mol. The lowest BCUT2D eigenvalue weighted by molar-refractivity contribution is 0.122. The molecule has 4 nitrogen and oxygen atoms in total. The highest BCUT2D eigenvalue weighted by Crippen LogP contribution is 2.21. The maximum atomic E-state index is 5.97. The molecule has 1 aromatic carbocycles. The first-order valence-corrected chi connectivity index (χ1v) is 7.59. The van der Waals surface area contributed by atoms with Crippen LogP contribution < -0.4 is 4.90 Å². The normalized spacial score (nSPS) is 15.2. The molecule has 1 aliphatic heterocycles. The standard InChI is InChI=1S/C16H18ClN3O/c17-16-18-12-14(7-6-13-4-2-1-3-5-13)15(19-16)20-8-10-21-11-9-20/h1-5,12H,6-11H2. The number of morpholine rings is 1. The van der Waals surface area contributed by atoms with Crippen molar-refractivity contribution in [3.05, 3.63) is 52.9 Å². The van der Waals surface area contributed by atoms with Gasteiger partial charge in [0.1, 0.15) is 5.82 Å². The van der Waals surface area contributed by atoms with E-state index in [2.05, 4.69) is 39.1 Å². The van der Waals surface area contributed by atoms with E-state index in [4.69, 9.17) is 16.3 Å². The fraction of sp³-hybridized carbons (Fsp3) is 0.375. The Labute approximate surface area is 129 Å². The molecule has 2 aromatic rings. The highest BCUT2D eigenvalue weighted by Gasteiger charge is 2.17. The Hall–Kier alpha value is -1.65. The maximum absolute atomic E-state index is 5.97. The number of rotatable bonds is 4. The smallest absolute Gasteiger partial charge is 0.224 e. The Morgan fingerprint density at radius 3 is 2.62 bits per heavy atom. The summed E-state index contributed by atoms with van der Waals surface area (Å²) in [5.41, 5.74) is 2.46. The second kappa shape index (κ2) is 6.87. The minimum absolute atomic E-state index is 0.306. The number of halogens is 1. The summed E-state index contributed by atoms with van der Waals surface area (Å²) < 4.78 is 5.40. The first kappa shape index (κ1) is 14.3. The lowest BCUT2D eigenvalue weighted by atomic mass is 10.1. The van der Waals surface area contributed by atoms with E-state index < -0.39 is 0 Å². The second-order valence-corrected chi connectivity index (χ2v) is 5.41. The Morgan fingerprint density at radius 2 is 1.86 bits per heavy atom. The summed E-state index contributed by atoms with van der Waals surface area (Å²) in [6.07, 6.45) is 3.74. The summed E-state index contributed by atoms with van der Waals surface area (Å²) in [5, 5.41) is 0.306. The van der Waals surface area contributed by atoms with Crippen LogP contribution in [0.25, 0.3) is 0 Å². The minimum atomic E-state index is 0.306. The molecule has 0 unspecified atom stereocenters. The van der Waals surface area contributed by atoms with E-state index in [-0.39, 0.29) is 0 Å². The Balaban J connectivity index is 1.77. The van der Waals surface area contributed by atoms with Crippen molar-refractivity contribution in [2.24, 2.45) is 0 Å². The van der Waals surface area contributed by atoms with E-state index in [9.17, 15) is 0 Å². The summed E-state index contributed by atoms with van der Waals surface area (Å²) in [6.45, 7) is 3.18. The van der Waals surface area contributed by atoms with Crippen LogP contribution in [0.4, 0.5) is 5.82 Å². The van der Waals surface area contributed by atoms with E-state index in [1.165, 1.54) is 5.56 Å². The molecule has 21 heavy (non-hydrogen) atoms. The van der Waals surface area contributed by atoms with E-state index in [1.807, 2.05) is 12.3 Å². The molecule has 0 bridgehead atoms. The van der Waals surface area contributed by atoms with Crippen molar-refractivity contribution in [1.82, 2.24) is 9.97 Å². The lowest BCUT2D eigenvalue weighted by Crippen LogP contribution is -2.37. The van der Waals surface area contributed by atoms with E-state index in [0.717, 1.165) is 50.5 Å². The monoisotopic (exact) mass is 303 g/mol. The predicted molar refractivity (Wildman–Crippen MR) is 83.9 cm³/mol. The Kier molecular flexibility index (Phi) is 4.68. The van der Waals surface area contributed by atoms with Crippen molar-refractivity contribution in [2.45, 2.75) is 12.8 Å². The molecule has 3 rings (SSSR count). The number of ether oxygens (including phenoxy) is 1. The highest BCUT2D eigenvalue weighted by molar-refractivity contribution is 6.28. The quantitative estimate of drug-likeness (QED) is 0.814. The minimum Gasteiger partial charge on any atom is -0.378 e. The highest BCUT2D eigenvalue weighted by atomic mass is 35.5. The zero-order valence-electron chi connectivity index (χ0n) is 11.8. The molecule has 2 heterocycles. The third-order valence-electron chi connectivity index (χ3n) is 3.65. The average Bonchev–Trinajstić information content (AvgIpc) is 2.55. The molecular formula is C16H18ClN3O. The fourth-order valence-electron chi connectivity index (χ4n) is 2.53. The number of aromatic nitrogens is 2. The van der Waals surface area contributed by atoms with Gasteiger partial charge in [0, 0.05) is 24.8 Å². The predicted octanol–water partition coefficient (Wildman–Crippen LogP) is 2.75. The van der Waals surface area contributed by atoms with Crippen LogP contribution in [0.15, 0.2) is 36.5 Å². The van der Waals surface area contributed by atoms with Crippen molar-refractivity contribution >= 4 is 17.4 Å². The van der Waals surface area contributed by atoms with Crippen LogP contribution >= 0.6 is 11.6 Å². The first-order chi connectivity index (χ1) is 10.3. The van der Waals surface area contributed by atoms with Gasteiger partial charge in [-0.05, 0) is 30.0 Å². The summed E-state index contributed by atoms with van der Waals surface area (Å²) in [5.74, 6) is 0.953. The fourth-order valence-corrected chi connectivity index (χ4v) is 2.65. The number of nitrogens with zero attached hydrogens (tertiary/aromatic N) is 3. The summed E-state index contributed by atoms with van der Waals surface area (Å²) >= 11 is 5.97. The molecule has 5 heteroatoms. The molecule has 0 spiro atoms. The maximum Gasteiger partial charge on any atom is 0.224 e. The molecule has 0 atom stereocenters. The molecule has 0 amide bonds. The van der Waals surface area contributed by atoms with Crippen molar-refractivity contribution in [2.75, 3.05) is 31.2 Å². The van der Waals surface area contributed by atoms with Crippen LogP contribution in [0.5, 0.6) is 0 Å². The molecule has 1 fully saturated rings. The van der Waals surface area contributed by atoms with Crippen molar-refractivity contribution in [3.63, 3.8) is 0 Å². The van der Waals surface area contributed by atoms with E-state index in [0.29, 0.717) is 5.28 Å². The average molecular weight is 304 g/mol. The van der Waals surface area contributed by atoms with Crippen LogP contribution in [0.3, 0.4) is 0 Å². The zero-order valence-corrected chi connectivity index (χ0v) is 12.6. The number of aryl methyl sites for hydroxylation is 2. The van der Waals surface area contributed by atoms with Gasteiger partial charge in [-0.25, -0.2) is 9.97 Å². The van der Waals surface area contributed by atoms with E-state index in [1.54, 1.807) is 0 Å². The second-order valence-electron chi connectivity index (χ2n) is 5.07. The SMILES string of the molecule is Clc1ncc(CCc2ccccc2)c(N2CCOCC2)n1. The summed E-state index contributed by atoms with van der Waals surface area (Å²) in [6, 6.07) is 10.5. The van der Waals surface area contributed by atoms with Crippen LogP contribution in [0.1, 0.15) is 11.1 Å². The van der Waals surface area contributed by atoms with Gasteiger partial charge in [0.2, 0.25) is 5.28 Å². The zero-order chi connectivity index (χ0) is 14.5. The Bertz CT molecular complexity index is 585. The van der Waals surface area contributed by atoms with Gasteiger partial charge in [-0.2, -0.15) is 0 Å². The number of hydrogen-bond donors (Lipinski definition) is 0. The molecule has 1 aliphatic rings. The van der Waals surface area contributed by atoms with Gasteiger partial charge in [-0.15, -0.1) is 0 Å². The molecule has 110 valence electrons. The van der Waals surface area contributed by atoms with Gasteiger partial charge in [0.15, 0.2) is 0 Å². The molecule has 0 saturated carbocycles. The number of hydrogen-bond acceptors (Lipinski definition) is 4. The van der Waals surface area contributed by atoms with E-state index >= 15 is 0 Å². The van der Waals surface area contributed by atoms with Gasteiger partial charge in [-0.1, -0.05) is 30.3 Å². The lowest BCUT2D eigenvalue weighted by Gasteiger charge is -2.29. The summed E-state index contributed by atoms with van der Waals surface area (Å²) in [7, 11) is 0.